The van der Waals surface area contributed by atoms with E-state index in [4.69, 9.17) is 4.74 Å². The maximum absolute atomic E-state index is 12.4. The summed E-state index contributed by atoms with van der Waals surface area (Å²) in [4.78, 5) is 23.5. The van der Waals surface area contributed by atoms with Crippen molar-refractivity contribution in [2.75, 3.05) is 41.8 Å². The molecule has 2 heterocycles. The van der Waals surface area contributed by atoms with Crippen molar-refractivity contribution in [1.82, 2.24) is 9.97 Å². The van der Waals surface area contributed by atoms with Crippen molar-refractivity contribution < 1.29 is 9.53 Å². The highest BCUT2D eigenvalue weighted by Gasteiger charge is 2.22. The van der Waals surface area contributed by atoms with Crippen LogP contribution in [-0.2, 0) is 4.79 Å². The largest absolute Gasteiger partial charge is 0.494 e. The van der Waals surface area contributed by atoms with Gasteiger partial charge < -0.3 is 20.3 Å². The molecule has 2 N–H and O–H groups in total. The van der Waals surface area contributed by atoms with Gasteiger partial charge in [0.15, 0.2) is 0 Å². The number of rotatable bonds is 10. The predicted octanol–water partition coefficient (Wildman–Crippen LogP) is 4.33. The average Bonchev–Trinajstić information content (AvgIpc) is 2.78. The third kappa shape index (κ3) is 6.61. The van der Waals surface area contributed by atoms with Crippen LogP contribution in [0.25, 0.3) is 0 Å². The van der Waals surface area contributed by atoms with E-state index in [1.54, 1.807) is 6.33 Å². The summed E-state index contributed by atoms with van der Waals surface area (Å²) in [7, 11) is 0. The Balaban J connectivity index is 1.47. The van der Waals surface area contributed by atoms with E-state index in [1.165, 1.54) is 0 Å². The van der Waals surface area contributed by atoms with Gasteiger partial charge in [-0.25, -0.2) is 9.97 Å². The first-order valence-corrected chi connectivity index (χ1v) is 11.0. The van der Waals surface area contributed by atoms with Crippen LogP contribution in [0.15, 0.2) is 36.7 Å². The van der Waals surface area contributed by atoms with Gasteiger partial charge in [-0.1, -0.05) is 6.92 Å². The van der Waals surface area contributed by atoms with Gasteiger partial charge in [-0.3, -0.25) is 4.79 Å². The molecule has 1 amide bonds. The molecule has 0 bridgehead atoms. The number of hydrogen-bond donors (Lipinski definition) is 2. The normalized spacial score (nSPS) is 16.2. The minimum atomic E-state index is 0.0596. The SMILES string of the molecule is CCCNc1cc(N2CCCC(CCC(=O)Nc3ccc(OCC)cc3)C2)ncn1. The number of amides is 1. The summed E-state index contributed by atoms with van der Waals surface area (Å²) in [5.41, 5.74) is 0.807. The number of carbonyl (C=O) groups excluding carboxylic acids is 1. The molecule has 1 saturated heterocycles. The van der Waals surface area contributed by atoms with E-state index in [1.807, 2.05) is 37.3 Å². The number of hydrogen-bond acceptors (Lipinski definition) is 6. The number of nitrogens with one attached hydrogen (secondary N) is 2. The lowest BCUT2D eigenvalue weighted by molar-refractivity contribution is -0.116. The lowest BCUT2D eigenvalue weighted by Gasteiger charge is -2.33. The van der Waals surface area contributed by atoms with E-state index in [-0.39, 0.29) is 5.91 Å². The maximum Gasteiger partial charge on any atom is 0.224 e. The molecular formula is C23H33N5O2. The smallest absolute Gasteiger partial charge is 0.224 e. The first kappa shape index (κ1) is 21.9. The number of benzene rings is 1. The Bertz CT molecular complexity index is 796. The van der Waals surface area contributed by atoms with E-state index >= 15 is 0 Å². The molecule has 7 nitrogen and oxygen atoms in total. The Labute approximate surface area is 179 Å². The molecule has 162 valence electrons. The standard InChI is InChI=1S/C23H33N5O2/c1-3-13-24-21-15-22(26-17-25-21)28-14-5-6-18(16-28)7-12-23(29)27-19-8-10-20(11-9-19)30-4-2/h8-11,15,17-18H,3-7,12-14,16H2,1-2H3,(H,27,29)(H,24,25,26). The van der Waals surface area contributed by atoms with Crippen LogP contribution >= 0.6 is 0 Å². The molecule has 1 aliphatic rings. The third-order valence-electron chi connectivity index (χ3n) is 5.28. The monoisotopic (exact) mass is 411 g/mol. The van der Waals surface area contributed by atoms with Crippen LogP contribution in [-0.4, -0.2) is 42.1 Å². The van der Waals surface area contributed by atoms with E-state index in [0.717, 1.165) is 68.4 Å². The molecule has 3 rings (SSSR count). The second kappa shape index (κ2) is 11.4. The van der Waals surface area contributed by atoms with Gasteiger partial charge in [-0.05, 0) is 62.8 Å². The Morgan fingerprint density at radius 1 is 1.23 bits per heavy atom. The van der Waals surface area contributed by atoms with Crippen molar-refractivity contribution in [1.29, 1.82) is 0 Å². The van der Waals surface area contributed by atoms with E-state index in [0.29, 0.717) is 18.9 Å². The molecule has 1 fully saturated rings. The summed E-state index contributed by atoms with van der Waals surface area (Å²) in [6.07, 6.45) is 6.36. The maximum atomic E-state index is 12.4. The highest BCUT2D eigenvalue weighted by atomic mass is 16.5. The van der Waals surface area contributed by atoms with Crippen molar-refractivity contribution in [3.63, 3.8) is 0 Å². The van der Waals surface area contributed by atoms with Crippen LogP contribution in [0.4, 0.5) is 17.3 Å². The molecular weight excluding hydrogens is 378 g/mol. The first-order valence-electron chi connectivity index (χ1n) is 11.0. The average molecular weight is 412 g/mol. The zero-order valence-corrected chi connectivity index (χ0v) is 18.1. The zero-order chi connectivity index (χ0) is 21.2. The molecule has 1 atom stereocenters. The summed E-state index contributed by atoms with van der Waals surface area (Å²) in [6.45, 7) is 7.56. The van der Waals surface area contributed by atoms with E-state index in [2.05, 4.69) is 32.4 Å². The first-order chi connectivity index (χ1) is 14.7. The van der Waals surface area contributed by atoms with Gasteiger partial charge in [0.2, 0.25) is 5.91 Å². The molecule has 0 spiro atoms. The van der Waals surface area contributed by atoms with E-state index < -0.39 is 0 Å². The molecule has 1 aliphatic heterocycles. The van der Waals surface area contributed by atoms with Crippen LogP contribution < -0.4 is 20.3 Å². The fourth-order valence-electron chi connectivity index (χ4n) is 3.74. The summed E-state index contributed by atoms with van der Waals surface area (Å²) in [6, 6.07) is 9.54. The van der Waals surface area contributed by atoms with E-state index in [9.17, 15) is 4.79 Å². The third-order valence-corrected chi connectivity index (χ3v) is 5.28. The second-order valence-corrected chi connectivity index (χ2v) is 7.69. The van der Waals surface area contributed by atoms with Gasteiger partial charge in [0, 0.05) is 37.8 Å². The van der Waals surface area contributed by atoms with Crippen molar-refractivity contribution in [2.24, 2.45) is 5.92 Å². The zero-order valence-electron chi connectivity index (χ0n) is 18.1. The molecule has 2 aromatic rings. The molecule has 0 radical (unpaired) electrons. The minimum Gasteiger partial charge on any atom is -0.494 e. The quantitative estimate of drug-likeness (QED) is 0.606. The molecule has 0 saturated carbocycles. The van der Waals surface area contributed by atoms with Crippen molar-refractivity contribution in [2.45, 2.75) is 46.0 Å². The molecule has 1 unspecified atom stereocenters. The van der Waals surface area contributed by atoms with Gasteiger partial charge in [0.05, 0.1) is 6.61 Å². The highest BCUT2D eigenvalue weighted by molar-refractivity contribution is 5.90. The summed E-state index contributed by atoms with van der Waals surface area (Å²) in [5.74, 6) is 3.21. The van der Waals surface area contributed by atoms with Crippen molar-refractivity contribution in [3.8, 4) is 5.75 Å². The molecule has 1 aromatic heterocycles. The number of piperidine rings is 1. The van der Waals surface area contributed by atoms with Crippen molar-refractivity contribution in [3.05, 3.63) is 36.7 Å². The Morgan fingerprint density at radius 2 is 2.07 bits per heavy atom. The molecule has 7 heteroatoms. The van der Waals surface area contributed by atoms with Crippen LogP contribution in [0.2, 0.25) is 0 Å². The van der Waals surface area contributed by atoms with Gasteiger partial charge in [0.25, 0.3) is 0 Å². The number of carbonyl (C=O) groups is 1. The number of anilines is 3. The lowest BCUT2D eigenvalue weighted by atomic mass is 9.93. The summed E-state index contributed by atoms with van der Waals surface area (Å²) < 4.78 is 5.44. The van der Waals surface area contributed by atoms with Crippen molar-refractivity contribution >= 4 is 23.2 Å². The van der Waals surface area contributed by atoms with Crippen LogP contribution in [0.3, 0.4) is 0 Å². The fraction of sp³-hybridized carbons (Fsp3) is 0.522. The lowest BCUT2D eigenvalue weighted by Crippen LogP contribution is -2.36. The highest BCUT2D eigenvalue weighted by Crippen LogP contribution is 2.26. The number of nitrogens with zero attached hydrogens (tertiary/aromatic N) is 3. The van der Waals surface area contributed by atoms with Gasteiger partial charge in [-0.15, -0.1) is 0 Å². The molecule has 30 heavy (non-hydrogen) atoms. The summed E-state index contributed by atoms with van der Waals surface area (Å²) in [5, 5.41) is 6.30. The van der Waals surface area contributed by atoms with Crippen LogP contribution in [0.5, 0.6) is 5.75 Å². The number of ether oxygens (including phenoxy) is 1. The molecule has 1 aromatic carbocycles. The van der Waals surface area contributed by atoms with Crippen LogP contribution in [0.1, 0.15) is 46.0 Å². The minimum absolute atomic E-state index is 0.0596. The predicted molar refractivity (Wildman–Crippen MR) is 121 cm³/mol. The summed E-state index contributed by atoms with van der Waals surface area (Å²) >= 11 is 0. The Kier molecular flexibility index (Phi) is 8.30. The van der Waals surface area contributed by atoms with Gasteiger partial charge in [-0.2, -0.15) is 0 Å². The fourth-order valence-corrected chi connectivity index (χ4v) is 3.74. The number of aromatic nitrogens is 2. The Hall–Kier alpha value is -2.83. The van der Waals surface area contributed by atoms with Crippen LogP contribution in [0, 0.1) is 5.92 Å². The molecule has 0 aliphatic carbocycles. The van der Waals surface area contributed by atoms with Gasteiger partial charge in [0.1, 0.15) is 23.7 Å². The topological polar surface area (TPSA) is 79.4 Å². The Morgan fingerprint density at radius 3 is 2.83 bits per heavy atom. The second-order valence-electron chi connectivity index (χ2n) is 7.69. The van der Waals surface area contributed by atoms with Gasteiger partial charge >= 0.3 is 0 Å².